The van der Waals surface area contributed by atoms with Crippen LogP contribution in [0.5, 0.6) is 0 Å². The van der Waals surface area contributed by atoms with Crippen LogP contribution in [0.15, 0.2) is 23.3 Å². The van der Waals surface area contributed by atoms with E-state index < -0.39 is 71.6 Å². The Kier molecular flexibility index (Phi) is 7.28. The average Bonchev–Trinajstić information content (AvgIpc) is 3.55. The van der Waals surface area contributed by atoms with Gasteiger partial charge in [-0.3, -0.25) is 18.8 Å². The molecule has 0 aromatic carbocycles. The first-order chi connectivity index (χ1) is 18.5. The van der Waals surface area contributed by atoms with Crippen molar-refractivity contribution in [1.82, 2.24) is 29.6 Å². The highest BCUT2D eigenvalue weighted by Crippen LogP contribution is 2.49. The van der Waals surface area contributed by atoms with Crippen molar-refractivity contribution in [3.8, 4) is 0 Å². The van der Waals surface area contributed by atoms with Crippen LogP contribution in [-0.2, 0) is 12.7 Å². The first kappa shape index (κ1) is 29.3. The molecule has 224 valence electrons. The Morgan fingerprint density at radius 3 is 2.42 bits per heavy atom. The molecule has 5 rings (SSSR count). The molecular weight excluding hydrogens is 552 g/mol. The van der Waals surface area contributed by atoms with Gasteiger partial charge in [0.1, 0.15) is 6.17 Å². The maximum absolute atomic E-state index is 16.0. The summed E-state index contributed by atoms with van der Waals surface area (Å²) in [6, 6.07) is 0.0450. The topological polar surface area (TPSA) is 56.9 Å². The molecule has 0 radical (unpaired) electrons. The first-order valence-electron chi connectivity index (χ1n) is 13.2. The van der Waals surface area contributed by atoms with Crippen molar-refractivity contribution in [1.29, 1.82) is 0 Å². The SMILES string of the molecule is CN1CNNC1C(F)(F)[C@](C)(F)C1CCCC(n2cc3c(C(F)(F)F)cc(CN4CCC(F)(F)C4)cn3c2=O)C1. The summed E-state index contributed by atoms with van der Waals surface area (Å²) in [5, 5.41) is 0. The van der Waals surface area contributed by atoms with Gasteiger partial charge in [-0.1, -0.05) is 6.42 Å². The second-order valence-electron chi connectivity index (χ2n) is 11.5. The van der Waals surface area contributed by atoms with Crippen LogP contribution in [0.2, 0.25) is 0 Å². The van der Waals surface area contributed by atoms with Crippen molar-refractivity contribution in [3.05, 3.63) is 40.1 Å². The lowest BCUT2D eigenvalue weighted by Gasteiger charge is -2.43. The molecule has 4 atom stereocenters. The van der Waals surface area contributed by atoms with Crippen molar-refractivity contribution in [2.45, 2.75) is 81.5 Å². The van der Waals surface area contributed by atoms with E-state index in [-0.39, 0.29) is 38.2 Å². The molecule has 15 heteroatoms. The standard InChI is InChI=1S/C25H32F8N6O/c1-22(26,24(29,30)20-35-34-14-36(20)2)16-4-3-5-17(9-16)38-12-19-18(25(31,32)33)8-15(11-39(19)21(38)40)10-37-7-6-23(27,28)13-37/h8,11-12,16-17,20,34-35H,3-7,9-10,13-14H2,1-2H3/t16?,17?,20?,22-/m1/s1. The van der Waals surface area contributed by atoms with E-state index in [4.69, 9.17) is 0 Å². The Hall–Kier alpha value is -2.23. The van der Waals surface area contributed by atoms with E-state index in [1.807, 2.05) is 0 Å². The van der Waals surface area contributed by atoms with Crippen molar-refractivity contribution >= 4 is 5.52 Å². The fraction of sp³-hybridized carbons (Fsp3) is 0.720. The number of imidazole rings is 1. The number of alkyl halides is 8. The summed E-state index contributed by atoms with van der Waals surface area (Å²) in [5.74, 6) is -7.92. The van der Waals surface area contributed by atoms with E-state index >= 15 is 13.2 Å². The molecule has 3 unspecified atom stereocenters. The number of fused-ring (bicyclic) bond motifs is 1. The lowest BCUT2D eigenvalue weighted by Crippen LogP contribution is -2.62. The fourth-order valence-corrected chi connectivity index (χ4v) is 6.32. The number of pyridine rings is 1. The smallest absolute Gasteiger partial charge is 0.295 e. The van der Waals surface area contributed by atoms with Crippen LogP contribution in [-0.4, -0.2) is 69.3 Å². The molecule has 2 aromatic heterocycles. The molecule has 1 saturated carbocycles. The van der Waals surface area contributed by atoms with Gasteiger partial charge in [0.2, 0.25) is 0 Å². The number of likely N-dealkylation sites (tertiary alicyclic amines) is 1. The predicted octanol–water partition coefficient (Wildman–Crippen LogP) is 4.38. The van der Waals surface area contributed by atoms with Gasteiger partial charge in [-0.25, -0.2) is 28.8 Å². The molecule has 0 bridgehead atoms. The predicted molar refractivity (Wildman–Crippen MR) is 130 cm³/mol. The number of hydrogen-bond donors (Lipinski definition) is 2. The van der Waals surface area contributed by atoms with Crippen LogP contribution < -0.4 is 16.5 Å². The lowest BCUT2D eigenvalue weighted by molar-refractivity contribution is -0.198. The average molecular weight is 585 g/mol. The lowest BCUT2D eigenvalue weighted by atomic mass is 9.73. The summed E-state index contributed by atoms with van der Waals surface area (Å²) in [7, 11) is 1.42. The molecule has 0 spiro atoms. The number of rotatable bonds is 6. The van der Waals surface area contributed by atoms with Gasteiger partial charge in [0.05, 0.1) is 24.3 Å². The Balaban J connectivity index is 1.46. The third-order valence-corrected chi connectivity index (χ3v) is 8.62. The molecular formula is C25H32F8N6O. The second-order valence-corrected chi connectivity index (χ2v) is 11.5. The monoisotopic (exact) mass is 584 g/mol. The maximum Gasteiger partial charge on any atom is 0.418 e. The number of nitrogens with zero attached hydrogens (tertiary/aromatic N) is 4. The van der Waals surface area contributed by atoms with Crippen LogP contribution in [0.1, 0.15) is 56.2 Å². The van der Waals surface area contributed by atoms with Crippen LogP contribution >= 0.6 is 0 Å². The van der Waals surface area contributed by atoms with E-state index in [2.05, 4.69) is 10.9 Å². The zero-order valence-electron chi connectivity index (χ0n) is 22.0. The summed E-state index contributed by atoms with van der Waals surface area (Å²) in [6.45, 7) is 0.121. The molecule has 2 aliphatic heterocycles. The Morgan fingerprint density at radius 1 is 1.10 bits per heavy atom. The van der Waals surface area contributed by atoms with Gasteiger partial charge < -0.3 is 0 Å². The number of hydrazine groups is 1. The molecule has 1 aliphatic carbocycles. The summed E-state index contributed by atoms with van der Waals surface area (Å²) in [6.07, 6.45) is -4.06. The summed E-state index contributed by atoms with van der Waals surface area (Å²) >= 11 is 0. The minimum absolute atomic E-state index is 0.000620. The van der Waals surface area contributed by atoms with Crippen LogP contribution in [0, 0.1) is 5.92 Å². The number of aromatic nitrogens is 2. The van der Waals surface area contributed by atoms with Gasteiger partial charge in [0.15, 0.2) is 5.67 Å². The Morgan fingerprint density at radius 2 is 1.82 bits per heavy atom. The molecule has 3 aliphatic rings. The summed E-state index contributed by atoms with van der Waals surface area (Å²) in [4.78, 5) is 15.9. The van der Waals surface area contributed by atoms with Crippen LogP contribution in [0.25, 0.3) is 5.52 Å². The van der Waals surface area contributed by atoms with E-state index in [1.165, 1.54) is 23.0 Å². The third-order valence-electron chi connectivity index (χ3n) is 8.62. The molecule has 3 fully saturated rings. The van der Waals surface area contributed by atoms with Crippen molar-refractivity contribution in [2.24, 2.45) is 5.92 Å². The third kappa shape index (κ3) is 5.13. The molecule has 2 aromatic rings. The number of hydrogen-bond acceptors (Lipinski definition) is 5. The summed E-state index contributed by atoms with van der Waals surface area (Å²) < 4.78 is 118. The highest BCUT2D eigenvalue weighted by Gasteiger charge is 2.62. The Labute approximate surface area is 225 Å². The zero-order chi connectivity index (χ0) is 29.3. The summed E-state index contributed by atoms with van der Waals surface area (Å²) in [5.41, 5.74) is -0.360. The Bertz CT molecular complexity index is 1300. The van der Waals surface area contributed by atoms with Gasteiger partial charge in [0, 0.05) is 43.9 Å². The van der Waals surface area contributed by atoms with Gasteiger partial charge in [-0.2, -0.15) is 22.0 Å². The van der Waals surface area contributed by atoms with E-state index in [0.29, 0.717) is 12.8 Å². The molecule has 2 N–H and O–H groups in total. The number of nitrogens with one attached hydrogen (secondary N) is 2. The second kappa shape index (κ2) is 9.95. The van der Waals surface area contributed by atoms with Crippen molar-refractivity contribution < 1.29 is 35.1 Å². The van der Waals surface area contributed by atoms with Crippen molar-refractivity contribution in [3.63, 3.8) is 0 Å². The minimum Gasteiger partial charge on any atom is -0.295 e. The van der Waals surface area contributed by atoms with Gasteiger partial charge in [0.25, 0.3) is 5.92 Å². The molecule has 40 heavy (non-hydrogen) atoms. The van der Waals surface area contributed by atoms with Gasteiger partial charge in [-0.15, -0.1) is 0 Å². The first-order valence-corrected chi connectivity index (χ1v) is 13.2. The molecule has 4 heterocycles. The zero-order valence-corrected chi connectivity index (χ0v) is 22.0. The normalized spacial score (nSPS) is 28.4. The molecule has 0 amide bonds. The molecule has 2 saturated heterocycles. The molecule has 7 nitrogen and oxygen atoms in total. The van der Waals surface area contributed by atoms with E-state index in [9.17, 15) is 26.7 Å². The van der Waals surface area contributed by atoms with Crippen LogP contribution in [0.4, 0.5) is 35.1 Å². The quantitative estimate of drug-likeness (QED) is 0.494. The van der Waals surface area contributed by atoms with Gasteiger partial charge >= 0.3 is 17.8 Å². The fourth-order valence-electron chi connectivity index (χ4n) is 6.32. The largest absolute Gasteiger partial charge is 0.418 e. The van der Waals surface area contributed by atoms with Crippen molar-refractivity contribution in [2.75, 3.05) is 26.8 Å². The van der Waals surface area contributed by atoms with E-state index in [1.54, 1.807) is 0 Å². The number of halogens is 8. The van der Waals surface area contributed by atoms with Crippen LogP contribution in [0.3, 0.4) is 0 Å². The minimum atomic E-state index is -4.85. The van der Waals surface area contributed by atoms with E-state index in [0.717, 1.165) is 28.2 Å². The highest BCUT2D eigenvalue weighted by atomic mass is 19.4. The highest BCUT2D eigenvalue weighted by molar-refractivity contribution is 5.56. The van der Waals surface area contributed by atoms with Gasteiger partial charge in [-0.05, 0) is 44.9 Å². The maximum atomic E-state index is 16.0.